The van der Waals surface area contributed by atoms with Gasteiger partial charge >= 0.3 is 0 Å². The second-order valence-corrected chi connectivity index (χ2v) is 8.12. The summed E-state index contributed by atoms with van der Waals surface area (Å²) in [5.41, 5.74) is 6.36. The molecule has 1 aliphatic carbocycles. The third kappa shape index (κ3) is 2.37. The fourth-order valence-corrected chi connectivity index (χ4v) is 5.18. The maximum absolute atomic E-state index is 12.4. The van der Waals surface area contributed by atoms with Gasteiger partial charge in [-0.2, -0.15) is 0 Å². The predicted octanol–water partition coefficient (Wildman–Crippen LogP) is 1.05. The molecule has 0 saturated heterocycles. The Morgan fingerprint density at radius 3 is 2.73 bits per heavy atom. The molecule has 2 N–H and O–H groups in total. The van der Waals surface area contributed by atoms with Crippen LogP contribution in [0.2, 0.25) is 0 Å². The Morgan fingerprint density at radius 2 is 2.05 bits per heavy atom. The molecule has 1 aromatic rings. The average Bonchev–Trinajstić information content (AvgIpc) is 2.90. The number of sulfone groups is 1. The van der Waals surface area contributed by atoms with Crippen LogP contribution in [0.15, 0.2) is 18.2 Å². The average molecular weight is 327 g/mol. The Labute approximate surface area is 130 Å². The molecule has 22 heavy (non-hydrogen) atoms. The summed E-state index contributed by atoms with van der Waals surface area (Å²) in [6, 6.07) is 5.48. The summed E-state index contributed by atoms with van der Waals surface area (Å²) in [6.07, 6.45) is 0. The van der Waals surface area contributed by atoms with E-state index in [1.807, 2.05) is 19.1 Å². The summed E-state index contributed by atoms with van der Waals surface area (Å²) in [7, 11) is -3.25. The zero-order valence-corrected chi connectivity index (χ0v) is 13.6. The molecule has 3 rings (SSSR count). The molecule has 0 amide bonds. The Kier molecular flexibility index (Phi) is 3.82. The van der Waals surface area contributed by atoms with Crippen molar-refractivity contribution in [3.05, 3.63) is 23.8 Å². The third-order valence-electron chi connectivity index (χ3n) is 4.40. The maximum atomic E-state index is 12.4. The second kappa shape index (κ2) is 5.40. The molecule has 6 nitrogen and oxygen atoms in total. The minimum absolute atomic E-state index is 0.0732. The van der Waals surface area contributed by atoms with E-state index in [0.717, 1.165) is 5.56 Å². The maximum Gasteiger partial charge on any atom is 0.231 e. The smallest absolute Gasteiger partial charge is 0.231 e. The summed E-state index contributed by atoms with van der Waals surface area (Å²) in [4.78, 5) is 0. The summed E-state index contributed by atoms with van der Waals surface area (Å²) in [5.74, 6) is 1.10. The van der Waals surface area contributed by atoms with Crippen LogP contribution in [0, 0.1) is 0 Å². The van der Waals surface area contributed by atoms with Gasteiger partial charge in [-0.1, -0.05) is 13.0 Å². The van der Waals surface area contributed by atoms with Crippen LogP contribution in [0.1, 0.15) is 25.3 Å². The van der Waals surface area contributed by atoms with Crippen molar-refractivity contribution in [2.24, 2.45) is 5.73 Å². The monoisotopic (exact) mass is 327 g/mol. The van der Waals surface area contributed by atoms with Crippen LogP contribution in [0.3, 0.4) is 0 Å². The zero-order chi connectivity index (χ0) is 16.0. The molecule has 0 aromatic heterocycles. The van der Waals surface area contributed by atoms with Crippen LogP contribution in [0.5, 0.6) is 11.5 Å². The first-order chi connectivity index (χ1) is 10.4. The van der Waals surface area contributed by atoms with E-state index >= 15 is 0 Å². The van der Waals surface area contributed by atoms with Crippen molar-refractivity contribution in [1.82, 2.24) is 0 Å². The SMILES string of the molecule is CCOC[C@]1(N)[C@H](c2ccc3c(c2)OCO3)[C@@H]1S(=O)(=O)CC. The molecular formula is C15H21NO5S. The first-order valence-electron chi connectivity index (χ1n) is 7.41. The topological polar surface area (TPSA) is 87.8 Å². The fourth-order valence-electron chi connectivity index (χ4n) is 3.19. The van der Waals surface area contributed by atoms with Gasteiger partial charge in [0, 0.05) is 18.3 Å². The van der Waals surface area contributed by atoms with Gasteiger partial charge in [-0.05, 0) is 24.6 Å². The lowest BCUT2D eigenvalue weighted by Crippen LogP contribution is -2.36. The molecule has 1 fully saturated rings. The molecule has 7 heteroatoms. The highest BCUT2D eigenvalue weighted by atomic mass is 32.2. The number of hydrogen-bond donors (Lipinski definition) is 1. The van der Waals surface area contributed by atoms with Crippen LogP contribution >= 0.6 is 0 Å². The molecule has 1 aliphatic heterocycles. The van der Waals surface area contributed by atoms with Crippen LogP contribution in [0.25, 0.3) is 0 Å². The molecule has 0 unspecified atom stereocenters. The van der Waals surface area contributed by atoms with Gasteiger partial charge in [0.05, 0.1) is 17.4 Å². The molecule has 0 spiro atoms. The molecule has 122 valence electrons. The summed E-state index contributed by atoms with van der Waals surface area (Å²) < 4.78 is 40.8. The van der Waals surface area contributed by atoms with E-state index < -0.39 is 20.6 Å². The van der Waals surface area contributed by atoms with Gasteiger partial charge < -0.3 is 19.9 Å². The van der Waals surface area contributed by atoms with E-state index in [4.69, 9.17) is 19.9 Å². The molecule has 0 bridgehead atoms. The largest absolute Gasteiger partial charge is 0.454 e. The van der Waals surface area contributed by atoms with Crippen molar-refractivity contribution in [2.45, 2.75) is 30.6 Å². The zero-order valence-electron chi connectivity index (χ0n) is 12.7. The number of rotatable bonds is 6. The van der Waals surface area contributed by atoms with E-state index in [2.05, 4.69) is 0 Å². The lowest BCUT2D eigenvalue weighted by atomic mass is 10.1. The number of ether oxygens (including phenoxy) is 3. The van der Waals surface area contributed by atoms with Gasteiger partial charge in [-0.25, -0.2) is 8.42 Å². The van der Waals surface area contributed by atoms with Crippen LogP contribution in [-0.2, 0) is 14.6 Å². The van der Waals surface area contributed by atoms with E-state index in [9.17, 15) is 8.42 Å². The van der Waals surface area contributed by atoms with Gasteiger partial charge in [0.2, 0.25) is 6.79 Å². The fraction of sp³-hybridized carbons (Fsp3) is 0.600. The van der Waals surface area contributed by atoms with Crippen molar-refractivity contribution < 1.29 is 22.6 Å². The summed E-state index contributed by atoms with van der Waals surface area (Å²) in [6.45, 7) is 4.43. The van der Waals surface area contributed by atoms with Gasteiger partial charge in [-0.3, -0.25) is 0 Å². The Morgan fingerprint density at radius 1 is 1.32 bits per heavy atom. The Hall–Kier alpha value is -1.31. The second-order valence-electron chi connectivity index (χ2n) is 5.71. The van der Waals surface area contributed by atoms with Gasteiger partial charge in [0.25, 0.3) is 0 Å². The third-order valence-corrected chi connectivity index (χ3v) is 6.69. The van der Waals surface area contributed by atoms with E-state index in [1.54, 1.807) is 13.0 Å². The Balaban J connectivity index is 1.93. The van der Waals surface area contributed by atoms with Crippen molar-refractivity contribution in [2.75, 3.05) is 25.8 Å². The first-order valence-corrected chi connectivity index (χ1v) is 9.13. The van der Waals surface area contributed by atoms with Gasteiger partial charge in [-0.15, -0.1) is 0 Å². The molecule has 1 aromatic carbocycles. The standard InChI is InChI=1S/C15H21NO5S/c1-3-19-8-15(16)13(14(15)22(17,18)4-2)10-5-6-11-12(7-10)21-9-20-11/h5-7,13-14H,3-4,8-9,16H2,1-2H3/t13-,14+,15+/m1/s1. The van der Waals surface area contributed by atoms with E-state index in [0.29, 0.717) is 18.1 Å². The van der Waals surface area contributed by atoms with E-state index in [-0.39, 0.29) is 25.1 Å². The molecular weight excluding hydrogens is 306 g/mol. The minimum atomic E-state index is -3.25. The molecule has 2 aliphatic rings. The highest BCUT2D eigenvalue weighted by molar-refractivity contribution is 7.92. The molecule has 0 radical (unpaired) electrons. The minimum Gasteiger partial charge on any atom is -0.454 e. The van der Waals surface area contributed by atoms with Crippen molar-refractivity contribution in [1.29, 1.82) is 0 Å². The predicted molar refractivity (Wildman–Crippen MR) is 82.0 cm³/mol. The lowest BCUT2D eigenvalue weighted by Gasteiger charge is -2.12. The highest BCUT2D eigenvalue weighted by Gasteiger charge is 2.68. The van der Waals surface area contributed by atoms with Crippen LogP contribution in [-0.4, -0.2) is 45.0 Å². The Bertz CT molecular complexity index is 675. The molecule has 1 heterocycles. The van der Waals surface area contributed by atoms with Gasteiger partial charge in [0.1, 0.15) is 0 Å². The quantitative estimate of drug-likeness (QED) is 0.840. The number of fused-ring (bicyclic) bond motifs is 1. The van der Waals surface area contributed by atoms with Crippen molar-refractivity contribution >= 4 is 9.84 Å². The van der Waals surface area contributed by atoms with Gasteiger partial charge in [0.15, 0.2) is 21.3 Å². The van der Waals surface area contributed by atoms with E-state index in [1.165, 1.54) is 0 Å². The van der Waals surface area contributed by atoms with Crippen molar-refractivity contribution in [3.8, 4) is 11.5 Å². The summed E-state index contributed by atoms with van der Waals surface area (Å²) >= 11 is 0. The summed E-state index contributed by atoms with van der Waals surface area (Å²) in [5, 5.41) is -0.614. The van der Waals surface area contributed by atoms with Crippen LogP contribution < -0.4 is 15.2 Å². The number of hydrogen-bond acceptors (Lipinski definition) is 6. The normalized spacial score (nSPS) is 29.6. The highest BCUT2D eigenvalue weighted by Crippen LogP contribution is 2.55. The number of benzene rings is 1. The molecule has 3 atom stereocenters. The number of nitrogens with two attached hydrogens (primary N) is 1. The lowest BCUT2D eigenvalue weighted by molar-refractivity contribution is 0.125. The first kappa shape index (κ1) is 15.6. The van der Waals surface area contributed by atoms with Crippen LogP contribution in [0.4, 0.5) is 0 Å². The molecule has 1 saturated carbocycles. The van der Waals surface area contributed by atoms with Crippen molar-refractivity contribution in [3.63, 3.8) is 0 Å².